The molecule has 0 fully saturated rings. The fraction of sp³-hybridized carbons (Fsp3) is 0.429. The molecule has 0 aliphatic rings. The van der Waals surface area contributed by atoms with Crippen LogP contribution < -0.4 is 0 Å². The highest BCUT2D eigenvalue weighted by Crippen LogP contribution is 2.15. The van der Waals surface area contributed by atoms with Crippen LogP contribution in [0.4, 0.5) is 0 Å². The summed E-state index contributed by atoms with van der Waals surface area (Å²) in [5.74, 6) is 1.32. The zero-order chi connectivity index (χ0) is 9.68. The number of aliphatic hydroxyl groups excluding tert-OH is 1. The average molecular weight is 220 g/mol. The molecule has 1 aromatic rings. The highest BCUT2D eigenvalue weighted by atomic mass is 35.5. The molecular formula is C7H10ClN3OS. The first kappa shape index (κ1) is 10.6. The number of nitrogens with zero attached hydrogens (tertiary/aromatic N) is 3. The zero-order valence-corrected chi connectivity index (χ0v) is 8.72. The number of hydrogen-bond acceptors (Lipinski definition) is 4. The molecule has 1 aromatic heterocycles. The maximum Gasteiger partial charge on any atom is 0.191 e. The second-order valence-electron chi connectivity index (χ2n) is 2.29. The molecule has 1 heterocycles. The normalized spacial score (nSPS) is 11.3. The summed E-state index contributed by atoms with van der Waals surface area (Å²) < 4.78 is 1.76. The summed E-state index contributed by atoms with van der Waals surface area (Å²) in [5.41, 5.74) is 1.47. The fourth-order valence-corrected chi connectivity index (χ4v) is 1.70. The van der Waals surface area contributed by atoms with E-state index in [1.165, 1.54) is 17.3 Å². The fourth-order valence-electron chi connectivity index (χ4n) is 0.767. The highest BCUT2D eigenvalue weighted by Gasteiger charge is 2.06. The van der Waals surface area contributed by atoms with Gasteiger partial charge in [-0.3, -0.25) is 0 Å². The van der Waals surface area contributed by atoms with Gasteiger partial charge in [-0.05, 0) is 0 Å². The molecule has 0 unspecified atom stereocenters. The van der Waals surface area contributed by atoms with Crippen molar-refractivity contribution < 1.29 is 5.11 Å². The van der Waals surface area contributed by atoms with E-state index in [2.05, 4.69) is 10.2 Å². The summed E-state index contributed by atoms with van der Waals surface area (Å²) >= 11 is 6.88. The Bertz CT molecular complexity index is 300. The van der Waals surface area contributed by atoms with Gasteiger partial charge in [-0.15, -0.1) is 10.2 Å². The third-order valence-electron chi connectivity index (χ3n) is 1.46. The molecule has 1 rings (SSSR count). The van der Waals surface area contributed by atoms with Crippen LogP contribution in [0.3, 0.4) is 0 Å². The second kappa shape index (κ2) is 5.26. The van der Waals surface area contributed by atoms with Crippen molar-refractivity contribution in [3.63, 3.8) is 0 Å². The Kier molecular flexibility index (Phi) is 4.27. The lowest BCUT2D eigenvalue weighted by atomic mass is 10.6. The number of aliphatic hydroxyl groups is 1. The third kappa shape index (κ3) is 2.72. The van der Waals surface area contributed by atoms with Crippen molar-refractivity contribution in [1.82, 2.24) is 14.8 Å². The lowest BCUT2D eigenvalue weighted by molar-refractivity contribution is 0.266. The largest absolute Gasteiger partial charge is 0.388 e. The van der Waals surface area contributed by atoms with Gasteiger partial charge in [0, 0.05) is 18.3 Å². The topological polar surface area (TPSA) is 50.9 Å². The number of aromatic nitrogens is 3. The summed E-state index contributed by atoms with van der Waals surface area (Å²) in [6.07, 6.45) is 1.82. The van der Waals surface area contributed by atoms with E-state index in [0.717, 1.165) is 10.9 Å². The van der Waals surface area contributed by atoms with Crippen LogP contribution in [-0.2, 0) is 13.7 Å². The van der Waals surface area contributed by atoms with Crippen molar-refractivity contribution in [3.8, 4) is 0 Å². The van der Waals surface area contributed by atoms with Crippen LogP contribution in [0.5, 0.6) is 0 Å². The van der Waals surface area contributed by atoms with Crippen molar-refractivity contribution in [2.24, 2.45) is 7.05 Å². The third-order valence-corrected chi connectivity index (χ3v) is 2.62. The number of rotatable bonds is 4. The summed E-state index contributed by atoms with van der Waals surface area (Å²) in [6.45, 7) is -0.0879. The van der Waals surface area contributed by atoms with Gasteiger partial charge in [0.15, 0.2) is 11.0 Å². The van der Waals surface area contributed by atoms with Crippen molar-refractivity contribution >= 4 is 23.4 Å². The lowest BCUT2D eigenvalue weighted by Gasteiger charge is -1.98. The van der Waals surface area contributed by atoms with Crippen LogP contribution in [0.2, 0.25) is 0 Å². The molecule has 72 valence electrons. The number of halogens is 1. The van der Waals surface area contributed by atoms with E-state index in [-0.39, 0.29) is 6.61 Å². The van der Waals surface area contributed by atoms with Gasteiger partial charge in [0.2, 0.25) is 0 Å². The molecule has 0 amide bonds. The lowest BCUT2D eigenvalue weighted by Crippen LogP contribution is -1.98. The maximum atomic E-state index is 8.84. The van der Waals surface area contributed by atoms with Gasteiger partial charge in [0.25, 0.3) is 0 Å². The number of thioether (sulfide) groups is 1. The van der Waals surface area contributed by atoms with Crippen LogP contribution in [-0.4, -0.2) is 25.6 Å². The molecule has 0 saturated carbocycles. The predicted octanol–water partition coefficient (Wildman–Crippen LogP) is 1.15. The molecule has 0 aliphatic carbocycles. The van der Waals surface area contributed by atoms with Gasteiger partial charge in [0.1, 0.15) is 6.61 Å². The SMILES string of the molecule is Cn1c(CO)nnc1SC/C=C/Cl. The second-order valence-corrected chi connectivity index (χ2v) is 3.53. The molecule has 4 nitrogen and oxygen atoms in total. The Morgan fingerprint density at radius 3 is 2.92 bits per heavy atom. The molecule has 0 aliphatic heterocycles. The van der Waals surface area contributed by atoms with E-state index >= 15 is 0 Å². The molecule has 0 bridgehead atoms. The molecule has 0 radical (unpaired) electrons. The first-order valence-corrected chi connectivity index (χ1v) is 5.09. The highest BCUT2D eigenvalue weighted by molar-refractivity contribution is 7.99. The minimum atomic E-state index is -0.0879. The predicted molar refractivity (Wildman–Crippen MR) is 52.6 cm³/mol. The standard InChI is InChI=1S/C7H10ClN3OS/c1-11-6(5-12)9-10-7(11)13-4-2-3-8/h2-3,12H,4-5H2,1H3/b3-2+. The average Bonchev–Trinajstić information content (AvgIpc) is 2.48. The minimum Gasteiger partial charge on any atom is -0.388 e. The van der Waals surface area contributed by atoms with Crippen LogP contribution in [0.1, 0.15) is 5.82 Å². The van der Waals surface area contributed by atoms with Gasteiger partial charge < -0.3 is 9.67 Å². The van der Waals surface area contributed by atoms with Gasteiger partial charge in [-0.1, -0.05) is 29.4 Å². The van der Waals surface area contributed by atoms with Crippen molar-refractivity contribution in [2.75, 3.05) is 5.75 Å². The summed E-state index contributed by atoms with van der Waals surface area (Å²) in [7, 11) is 1.82. The van der Waals surface area contributed by atoms with E-state index in [4.69, 9.17) is 16.7 Å². The minimum absolute atomic E-state index is 0.0879. The van der Waals surface area contributed by atoms with Crippen LogP contribution >= 0.6 is 23.4 Å². The molecule has 0 spiro atoms. The Balaban J connectivity index is 2.61. The van der Waals surface area contributed by atoms with Crippen molar-refractivity contribution in [1.29, 1.82) is 0 Å². The van der Waals surface area contributed by atoms with E-state index < -0.39 is 0 Å². The Labute approximate surface area is 85.6 Å². The van der Waals surface area contributed by atoms with Crippen LogP contribution in [0.25, 0.3) is 0 Å². The quantitative estimate of drug-likeness (QED) is 0.772. The summed E-state index contributed by atoms with van der Waals surface area (Å²) in [6, 6.07) is 0. The molecule has 0 aromatic carbocycles. The summed E-state index contributed by atoms with van der Waals surface area (Å²) in [5, 5.41) is 17.3. The smallest absolute Gasteiger partial charge is 0.191 e. The summed E-state index contributed by atoms with van der Waals surface area (Å²) in [4.78, 5) is 0. The van der Waals surface area contributed by atoms with Gasteiger partial charge in [-0.2, -0.15) is 0 Å². The molecule has 13 heavy (non-hydrogen) atoms. The maximum absolute atomic E-state index is 8.84. The molecule has 0 saturated heterocycles. The first-order valence-electron chi connectivity index (χ1n) is 3.66. The Morgan fingerprint density at radius 1 is 1.62 bits per heavy atom. The molecule has 1 N–H and O–H groups in total. The van der Waals surface area contributed by atoms with Gasteiger partial charge >= 0.3 is 0 Å². The molecule has 0 atom stereocenters. The van der Waals surface area contributed by atoms with E-state index in [1.807, 2.05) is 13.1 Å². The van der Waals surface area contributed by atoms with Crippen LogP contribution in [0, 0.1) is 0 Å². The Morgan fingerprint density at radius 2 is 2.38 bits per heavy atom. The monoisotopic (exact) mass is 219 g/mol. The Hall–Kier alpha value is -0.520. The van der Waals surface area contributed by atoms with Gasteiger partial charge in [0.05, 0.1) is 0 Å². The van der Waals surface area contributed by atoms with E-state index in [9.17, 15) is 0 Å². The zero-order valence-electron chi connectivity index (χ0n) is 7.14. The van der Waals surface area contributed by atoms with Crippen molar-refractivity contribution in [3.05, 3.63) is 17.4 Å². The van der Waals surface area contributed by atoms with E-state index in [1.54, 1.807) is 4.57 Å². The van der Waals surface area contributed by atoms with Gasteiger partial charge in [-0.25, -0.2) is 0 Å². The first-order chi connectivity index (χ1) is 6.29. The molecule has 6 heteroatoms. The van der Waals surface area contributed by atoms with Crippen LogP contribution in [0.15, 0.2) is 16.8 Å². The van der Waals surface area contributed by atoms with E-state index in [0.29, 0.717) is 5.82 Å². The van der Waals surface area contributed by atoms with Crippen molar-refractivity contribution in [2.45, 2.75) is 11.8 Å². The molecular weight excluding hydrogens is 210 g/mol. The number of hydrogen-bond donors (Lipinski definition) is 1.